The van der Waals surface area contributed by atoms with E-state index in [4.69, 9.17) is 9.47 Å². The first kappa shape index (κ1) is 12.7. The van der Waals surface area contributed by atoms with Crippen LogP contribution >= 0.6 is 11.3 Å². The van der Waals surface area contributed by atoms with Crippen LogP contribution in [0.3, 0.4) is 0 Å². The van der Waals surface area contributed by atoms with Crippen LogP contribution in [0.15, 0.2) is 35.0 Å². The van der Waals surface area contributed by atoms with Gasteiger partial charge in [0.1, 0.15) is 11.6 Å². The van der Waals surface area contributed by atoms with Crippen molar-refractivity contribution in [1.82, 2.24) is 0 Å². The van der Waals surface area contributed by atoms with Crippen molar-refractivity contribution in [2.24, 2.45) is 0 Å². The highest BCUT2D eigenvalue weighted by Gasteiger charge is 2.15. The van der Waals surface area contributed by atoms with Gasteiger partial charge in [0, 0.05) is 24.1 Å². The molecule has 0 atom stereocenters. The molecule has 2 aromatic rings. The van der Waals surface area contributed by atoms with E-state index in [0.29, 0.717) is 11.1 Å². The molecule has 0 fully saturated rings. The van der Waals surface area contributed by atoms with E-state index in [-0.39, 0.29) is 18.3 Å². The SMILES string of the molecule is COCOc1cc(F)ccc1C(=O)c1ccsc1. The Balaban J connectivity index is 2.34. The second kappa shape index (κ2) is 5.75. The summed E-state index contributed by atoms with van der Waals surface area (Å²) in [5, 5.41) is 3.55. The summed E-state index contributed by atoms with van der Waals surface area (Å²) < 4.78 is 23.1. The largest absolute Gasteiger partial charge is 0.467 e. The van der Waals surface area contributed by atoms with E-state index in [9.17, 15) is 9.18 Å². The first-order valence-corrected chi connectivity index (χ1v) is 6.15. The Labute approximate surface area is 108 Å². The maximum absolute atomic E-state index is 13.2. The number of carbonyl (C=O) groups excluding carboxylic acids is 1. The Morgan fingerprint density at radius 2 is 2.22 bits per heavy atom. The number of benzene rings is 1. The van der Waals surface area contributed by atoms with Crippen molar-refractivity contribution in [2.45, 2.75) is 0 Å². The topological polar surface area (TPSA) is 35.5 Å². The number of halogens is 1. The molecule has 3 nitrogen and oxygen atoms in total. The third kappa shape index (κ3) is 2.75. The van der Waals surface area contributed by atoms with Crippen LogP contribution in [0.1, 0.15) is 15.9 Å². The number of carbonyl (C=O) groups is 1. The fourth-order valence-corrected chi connectivity index (χ4v) is 2.11. The highest BCUT2D eigenvalue weighted by Crippen LogP contribution is 2.24. The molecule has 0 aliphatic carbocycles. The van der Waals surface area contributed by atoms with Crippen molar-refractivity contribution in [3.63, 3.8) is 0 Å². The molecule has 0 saturated carbocycles. The van der Waals surface area contributed by atoms with Crippen molar-refractivity contribution in [1.29, 1.82) is 0 Å². The zero-order chi connectivity index (χ0) is 13.0. The molecule has 0 spiro atoms. The molecule has 0 aliphatic heterocycles. The Kier molecular flexibility index (Phi) is 4.07. The summed E-state index contributed by atoms with van der Waals surface area (Å²) in [6.45, 7) is -0.0344. The maximum atomic E-state index is 13.2. The van der Waals surface area contributed by atoms with Gasteiger partial charge in [0.05, 0.1) is 5.56 Å². The molecule has 0 bridgehead atoms. The van der Waals surface area contributed by atoms with Gasteiger partial charge in [-0.15, -0.1) is 0 Å². The molecule has 0 aliphatic rings. The summed E-state index contributed by atoms with van der Waals surface area (Å²) in [4.78, 5) is 12.2. The summed E-state index contributed by atoms with van der Waals surface area (Å²) in [7, 11) is 1.46. The van der Waals surface area contributed by atoms with Crippen LogP contribution in [0.25, 0.3) is 0 Å². The number of methoxy groups -OCH3 is 1. The molecule has 1 aromatic carbocycles. The Morgan fingerprint density at radius 3 is 2.89 bits per heavy atom. The van der Waals surface area contributed by atoms with Gasteiger partial charge in [-0.3, -0.25) is 4.79 Å². The molecule has 0 saturated heterocycles. The van der Waals surface area contributed by atoms with Gasteiger partial charge in [-0.2, -0.15) is 11.3 Å². The number of rotatable bonds is 5. The molecular weight excluding hydrogens is 255 g/mol. The molecule has 0 unspecified atom stereocenters. The fourth-order valence-electron chi connectivity index (χ4n) is 1.47. The number of hydrogen-bond acceptors (Lipinski definition) is 4. The van der Waals surface area contributed by atoms with Crippen molar-refractivity contribution in [3.8, 4) is 5.75 Å². The van der Waals surface area contributed by atoms with E-state index < -0.39 is 5.82 Å². The lowest BCUT2D eigenvalue weighted by Gasteiger charge is -2.09. The monoisotopic (exact) mass is 266 g/mol. The fraction of sp³-hybridized carbons (Fsp3) is 0.154. The molecular formula is C13H11FO3S. The number of thiophene rings is 1. The van der Waals surface area contributed by atoms with Gasteiger partial charge in [0.2, 0.25) is 0 Å². The Bertz CT molecular complexity index is 537. The highest BCUT2D eigenvalue weighted by molar-refractivity contribution is 7.08. The molecule has 0 radical (unpaired) electrons. The summed E-state index contributed by atoms with van der Waals surface area (Å²) in [6.07, 6.45) is 0. The first-order chi connectivity index (χ1) is 8.72. The zero-order valence-electron chi connectivity index (χ0n) is 9.68. The van der Waals surface area contributed by atoms with Crippen LogP contribution in [-0.4, -0.2) is 19.7 Å². The van der Waals surface area contributed by atoms with Crippen LogP contribution in [-0.2, 0) is 4.74 Å². The van der Waals surface area contributed by atoms with Gasteiger partial charge in [-0.1, -0.05) is 0 Å². The normalized spacial score (nSPS) is 10.3. The van der Waals surface area contributed by atoms with Gasteiger partial charge in [-0.25, -0.2) is 4.39 Å². The lowest BCUT2D eigenvalue weighted by atomic mass is 10.1. The molecule has 1 heterocycles. The minimum absolute atomic E-state index is 0.0344. The molecule has 94 valence electrons. The van der Waals surface area contributed by atoms with Crippen LogP contribution < -0.4 is 4.74 Å². The van der Waals surface area contributed by atoms with E-state index in [1.165, 1.54) is 36.6 Å². The lowest BCUT2D eigenvalue weighted by Crippen LogP contribution is -2.07. The minimum Gasteiger partial charge on any atom is -0.467 e. The van der Waals surface area contributed by atoms with E-state index in [2.05, 4.69) is 0 Å². The smallest absolute Gasteiger partial charge is 0.197 e. The lowest BCUT2D eigenvalue weighted by molar-refractivity contribution is 0.0501. The Morgan fingerprint density at radius 1 is 1.39 bits per heavy atom. The van der Waals surface area contributed by atoms with Gasteiger partial charge in [0.15, 0.2) is 12.6 Å². The van der Waals surface area contributed by atoms with Crippen molar-refractivity contribution in [3.05, 3.63) is 52.0 Å². The summed E-state index contributed by atoms with van der Waals surface area (Å²) in [5.41, 5.74) is 0.890. The standard InChI is InChI=1S/C13H11FO3S/c1-16-8-17-12-6-10(14)2-3-11(12)13(15)9-4-5-18-7-9/h2-7H,8H2,1H3. The average molecular weight is 266 g/mol. The molecule has 1 aromatic heterocycles. The van der Waals surface area contributed by atoms with Crippen LogP contribution in [0.4, 0.5) is 4.39 Å². The second-order valence-corrected chi connectivity index (χ2v) is 4.31. The zero-order valence-corrected chi connectivity index (χ0v) is 10.5. The van der Waals surface area contributed by atoms with Gasteiger partial charge in [0.25, 0.3) is 0 Å². The van der Waals surface area contributed by atoms with E-state index in [0.717, 1.165) is 0 Å². The molecule has 2 rings (SSSR count). The van der Waals surface area contributed by atoms with E-state index in [1.807, 2.05) is 5.38 Å². The van der Waals surface area contributed by atoms with Crippen molar-refractivity contribution < 1.29 is 18.7 Å². The first-order valence-electron chi connectivity index (χ1n) is 5.20. The van der Waals surface area contributed by atoms with Gasteiger partial charge >= 0.3 is 0 Å². The summed E-state index contributed by atoms with van der Waals surface area (Å²) in [5.74, 6) is -0.460. The second-order valence-electron chi connectivity index (χ2n) is 3.53. The predicted octanol–water partition coefficient (Wildman–Crippen LogP) is 3.10. The third-order valence-electron chi connectivity index (χ3n) is 2.30. The van der Waals surface area contributed by atoms with Crippen LogP contribution in [0.2, 0.25) is 0 Å². The average Bonchev–Trinajstić information content (AvgIpc) is 2.89. The number of hydrogen-bond donors (Lipinski definition) is 0. The quantitative estimate of drug-likeness (QED) is 0.616. The third-order valence-corrected chi connectivity index (χ3v) is 2.99. The van der Waals surface area contributed by atoms with E-state index in [1.54, 1.807) is 11.4 Å². The summed E-state index contributed by atoms with van der Waals surface area (Å²) in [6, 6.07) is 5.55. The minimum atomic E-state index is -0.456. The van der Waals surface area contributed by atoms with Crippen LogP contribution in [0, 0.1) is 5.82 Å². The highest BCUT2D eigenvalue weighted by atomic mass is 32.1. The maximum Gasteiger partial charge on any atom is 0.197 e. The number of ketones is 1. The van der Waals surface area contributed by atoms with Gasteiger partial charge in [-0.05, 0) is 23.6 Å². The van der Waals surface area contributed by atoms with E-state index >= 15 is 0 Å². The van der Waals surface area contributed by atoms with Crippen molar-refractivity contribution >= 4 is 17.1 Å². The van der Waals surface area contributed by atoms with Crippen LogP contribution in [0.5, 0.6) is 5.75 Å². The summed E-state index contributed by atoms with van der Waals surface area (Å²) >= 11 is 1.43. The predicted molar refractivity (Wildman–Crippen MR) is 66.7 cm³/mol. The van der Waals surface area contributed by atoms with Crippen molar-refractivity contribution in [2.75, 3.05) is 13.9 Å². The molecule has 0 amide bonds. The molecule has 18 heavy (non-hydrogen) atoms. The van der Waals surface area contributed by atoms with Gasteiger partial charge < -0.3 is 9.47 Å². The molecule has 0 N–H and O–H groups in total. The molecule has 5 heteroatoms. The number of ether oxygens (including phenoxy) is 2. The Hall–Kier alpha value is -1.72.